The monoisotopic (exact) mass is 309 g/mol. The van der Waals surface area contributed by atoms with Crippen molar-refractivity contribution in [3.63, 3.8) is 0 Å². The first kappa shape index (κ1) is 15.5. The molecule has 0 saturated carbocycles. The van der Waals surface area contributed by atoms with Crippen LogP contribution >= 0.6 is 0 Å². The summed E-state index contributed by atoms with van der Waals surface area (Å²) in [4.78, 5) is 4.34. The average molecular weight is 309 g/mol. The molecule has 1 aromatic carbocycles. The Bertz CT molecular complexity index is 650. The van der Waals surface area contributed by atoms with E-state index in [-0.39, 0.29) is 0 Å². The largest absolute Gasteiger partial charge is 0.385 e. The summed E-state index contributed by atoms with van der Waals surface area (Å²) in [6.07, 6.45) is 3.22. The van der Waals surface area contributed by atoms with Gasteiger partial charge in [-0.25, -0.2) is 17.7 Å². The maximum absolute atomic E-state index is 11.9. The SMILES string of the molecule is CN(C)S(=O)(=O)c1ccc(NCCCc2ncn[nH]2)cc1. The van der Waals surface area contributed by atoms with Crippen LogP contribution in [-0.2, 0) is 16.4 Å². The lowest BCUT2D eigenvalue weighted by Gasteiger charge is -2.12. The molecule has 0 saturated heterocycles. The van der Waals surface area contributed by atoms with Gasteiger partial charge < -0.3 is 5.32 Å². The molecule has 21 heavy (non-hydrogen) atoms. The highest BCUT2D eigenvalue weighted by atomic mass is 32.2. The number of nitrogens with zero attached hydrogens (tertiary/aromatic N) is 3. The molecule has 0 radical (unpaired) electrons. The number of hydrogen-bond donors (Lipinski definition) is 2. The average Bonchev–Trinajstić information content (AvgIpc) is 2.97. The second kappa shape index (κ2) is 6.68. The molecule has 1 aromatic heterocycles. The number of anilines is 1. The van der Waals surface area contributed by atoms with Crippen LogP contribution in [0.3, 0.4) is 0 Å². The molecule has 8 heteroatoms. The number of hydrogen-bond acceptors (Lipinski definition) is 5. The van der Waals surface area contributed by atoms with E-state index in [9.17, 15) is 8.42 Å². The van der Waals surface area contributed by atoms with Crippen molar-refractivity contribution in [3.05, 3.63) is 36.4 Å². The highest BCUT2D eigenvalue weighted by molar-refractivity contribution is 7.89. The van der Waals surface area contributed by atoms with E-state index in [0.29, 0.717) is 4.90 Å². The van der Waals surface area contributed by atoms with Gasteiger partial charge in [-0.1, -0.05) is 0 Å². The third kappa shape index (κ3) is 4.02. The van der Waals surface area contributed by atoms with Crippen LogP contribution in [0.15, 0.2) is 35.5 Å². The third-order valence-corrected chi connectivity index (χ3v) is 4.85. The van der Waals surface area contributed by atoms with Gasteiger partial charge in [0.05, 0.1) is 4.90 Å². The zero-order valence-electron chi connectivity index (χ0n) is 12.1. The fraction of sp³-hybridized carbons (Fsp3) is 0.385. The minimum Gasteiger partial charge on any atom is -0.385 e. The number of aromatic amines is 1. The summed E-state index contributed by atoms with van der Waals surface area (Å²) in [6.45, 7) is 0.778. The van der Waals surface area contributed by atoms with E-state index in [1.165, 1.54) is 24.7 Å². The molecule has 0 spiro atoms. The standard InChI is InChI=1S/C13H19N5O2S/c1-18(2)21(19,20)12-7-5-11(6-8-12)14-9-3-4-13-15-10-16-17-13/h5-8,10,14H,3-4,9H2,1-2H3,(H,15,16,17). The number of rotatable bonds is 7. The molecule has 0 aliphatic rings. The van der Waals surface area contributed by atoms with Crippen molar-refractivity contribution >= 4 is 15.7 Å². The van der Waals surface area contributed by atoms with E-state index in [4.69, 9.17) is 0 Å². The summed E-state index contributed by atoms with van der Waals surface area (Å²) in [7, 11) is -0.325. The number of H-pyrrole nitrogens is 1. The molecular weight excluding hydrogens is 290 g/mol. The van der Waals surface area contributed by atoms with Gasteiger partial charge in [0.15, 0.2) is 0 Å². The molecule has 0 bridgehead atoms. The van der Waals surface area contributed by atoms with Crippen LogP contribution < -0.4 is 5.32 Å². The molecule has 0 fully saturated rings. The number of aryl methyl sites for hydroxylation is 1. The van der Waals surface area contributed by atoms with Crippen molar-refractivity contribution in [2.24, 2.45) is 0 Å². The van der Waals surface area contributed by atoms with Gasteiger partial charge in [0.2, 0.25) is 10.0 Å². The highest BCUT2D eigenvalue weighted by Crippen LogP contribution is 2.16. The molecule has 2 rings (SSSR count). The van der Waals surface area contributed by atoms with Gasteiger partial charge in [0, 0.05) is 32.7 Å². The fourth-order valence-electron chi connectivity index (χ4n) is 1.80. The van der Waals surface area contributed by atoms with Crippen molar-refractivity contribution in [2.45, 2.75) is 17.7 Å². The summed E-state index contributed by atoms with van der Waals surface area (Å²) in [6, 6.07) is 6.75. The topological polar surface area (TPSA) is 91.0 Å². The zero-order chi connectivity index (χ0) is 15.3. The predicted octanol–water partition coefficient (Wildman–Crippen LogP) is 1.10. The van der Waals surface area contributed by atoms with Crippen molar-refractivity contribution in [2.75, 3.05) is 26.0 Å². The fourth-order valence-corrected chi connectivity index (χ4v) is 2.70. The number of sulfonamides is 1. The van der Waals surface area contributed by atoms with Gasteiger partial charge in [-0.15, -0.1) is 0 Å². The molecule has 0 aliphatic carbocycles. The Labute approximate surface area is 124 Å². The van der Waals surface area contributed by atoms with E-state index in [1.807, 2.05) is 0 Å². The van der Waals surface area contributed by atoms with Crippen LogP contribution in [0, 0.1) is 0 Å². The van der Waals surface area contributed by atoms with Crippen molar-refractivity contribution in [3.8, 4) is 0 Å². The van der Waals surface area contributed by atoms with Crippen LogP contribution in [0.4, 0.5) is 5.69 Å². The Hall–Kier alpha value is -1.93. The molecule has 0 atom stereocenters. The normalized spacial score (nSPS) is 11.8. The summed E-state index contributed by atoms with van der Waals surface area (Å²) < 4.78 is 25.0. The smallest absolute Gasteiger partial charge is 0.242 e. The molecule has 7 nitrogen and oxygen atoms in total. The first-order valence-electron chi connectivity index (χ1n) is 6.61. The predicted molar refractivity (Wildman–Crippen MR) is 80.5 cm³/mol. The first-order valence-corrected chi connectivity index (χ1v) is 8.05. The first-order chi connectivity index (χ1) is 10.00. The third-order valence-electron chi connectivity index (χ3n) is 3.02. The van der Waals surface area contributed by atoms with Gasteiger partial charge in [-0.3, -0.25) is 5.10 Å². The van der Waals surface area contributed by atoms with Crippen LogP contribution in [0.5, 0.6) is 0 Å². The molecule has 0 amide bonds. The van der Waals surface area contributed by atoms with E-state index in [0.717, 1.165) is 30.9 Å². The molecule has 2 N–H and O–H groups in total. The summed E-state index contributed by atoms with van der Waals surface area (Å²) in [5, 5.41) is 9.84. The van der Waals surface area contributed by atoms with E-state index >= 15 is 0 Å². The van der Waals surface area contributed by atoms with Gasteiger partial charge >= 0.3 is 0 Å². The number of aromatic nitrogens is 3. The number of benzene rings is 1. The summed E-state index contributed by atoms with van der Waals surface area (Å²) in [5.74, 6) is 0.865. The Morgan fingerprint density at radius 3 is 2.52 bits per heavy atom. The second-order valence-electron chi connectivity index (χ2n) is 4.77. The summed E-state index contributed by atoms with van der Waals surface area (Å²) in [5.41, 5.74) is 0.894. The van der Waals surface area contributed by atoms with Crippen LogP contribution in [0.2, 0.25) is 0 Å². The summed E-state index contributed by atoms with van der Waals surface area (Å²) >= 11 is 0. The minimum atomic E-state index is -3.36. The Morgan fingerprint density at radius 2 is 1.95 bits per heavy atom. The Morgan fingerprint density at radius 1 is 1.24 bits per heavy atom. The minimum absolute atomic E-state index is 0.291. The molecule has 0 aliphatic heterocycles. The Kier molecular flexibility index (Phi) is 4.92. The van der Waals surface area contributed by atoms with Crippen LogP contribution in [0.1, 0.15) is 12.2 Å². The van der Waals surface area contributed by atoms with Gasteiger partial charge in [-0.05, 0) is 30.7 Å². The van der Waals surface area contributed by atoms with Crippen LogP contribution in [-0.4, -0.2) is 48.5 Å². The molecule has 2 aromatic rings. The molecular formula is C13H19N5O2S. The van der Waals surface area contributed by atoms with Crippen molar-refractivity contribution in [1.82, 2.24) is 19.5 Å². The lowest BCUT2D eigenvalue weighted by molar-refractivity contribution is 0.521. The Balaban J connectivity index is 1.85. The lowest BCUT2D eigenvalue weighted by Crippen LogP contribution is -2.22. The quantitative estimate of drug-likeness (QED) is 0.747. The van der Waals surface area contributed by atoms with E-state index in [1.54, 1.807) is 24.3 Å². The highest BCUT2D eigenvalue weighted by Gasteiger charge is 2.16. The molecule has 114 valence electrons. The van der Waals surface area contributed by atoms with Gasteiger partial charge in [0.1, 0.15) is 12.2 Å². The molecule has 1 heterocycles. The lowest BCUT2D eigenvalue weighted by atomic mass is 10.2. The van der Waals surface area contributed by atoms with E-state index < -0.39 is 10.0 Å². The van der Waals surface area contributed by atoms with Crippen molar-refractivity contribution < 1.29 is 8.42 Å². The van der Waals surface area contributed by atoms with Gasteiger partial charge in [0.25, 0.3) is 0 Å². The molecule has 0 unspecified atom stereocenters. The maximum Gasteiger partial charge on any atom is 0.242 e. The van der Waals surface area contributed by atoms with Crippen LogP contribution in [0.25, 0.3) is 0 Å². The second-order valence-corrected chi connectivity index (χ2v) is 6.93. The zero-order valence-corrected chi connectivity index (χ0v) is 12.9. The van der Waals surface area contributed by atoms with Gasteiger partial charge in [-0.2, -0.15) is 5.10 Å². The van der Waals surface area contributed by atoms with Crippen molar-refractivity contribution in [1.29, 1.82) is 0 Å². The van der Waals surface area contributed by atoms with E-state index in [2.05, 4.69) is 20.5 Å². The number of nitrogens with one attached hydrogen (secondary N) is 2. The maximum atomic E-state index is 11.9.